The average molecular weight is 340 g/mol. The number of hydrogen-bond donors (Lipinski definition) is 1. The Bertz CT molecular complexity index is 895. The van der Waals surface area contributed by atoms with E-state index in [4.69, 9.17) is 4.42 Å². The van der Waals surface area contributed by atoms with Gasteiger partial charge in [-0.3, -0.25) is 0 Å². The van der Waals surface area contributed by atoms with Crippen molar-refractivity contribution in [3.05, 3.63) is 59.5 Å². The molecule has 0 amide bonds. The van der Waals surface area contributed by atoms with Crippen LogP contribution in [0.15, 0.2) is 63.9 Å². The van der Waals surface area contributed by atoms with Crippen LogP contribution in [-0.2, 0) is 0 Å². The van der Waals surface area contributed by atoms with Crippen molar-refractivity contribution < 1.29 is 4.42 Å². The minimum Gasteiger partial charge on any atom is -0.444 e. The topological polar surface area (TPSA) is 54.7 Å². The van der Waals surface area contributed by atoms with E-state index in [1.807, 2.05) is 42.5 Å². The fraction of sp³-hybridized carbons (Fsp3) is 0. The van der Waals surface area contributed by atoms with E-state index in [1.54, 1.807) is 6.20 Å². The van der Waals surface area contributed by atoms with Crippen LogP contribution in [0.2, 0.25) is 0 Å². The van der Waals surface area contributed by atoms with Crippen molar-refractivity contribution in [1.29, 1.82) is 0 Å². The van der Waals surface area contributed by atoms with Crippen LogP contribution in [0.25, 0.3) is 33.7 Å². The number of nitrogens with one attached hydrogen (secondary N) is 1. The van der Waals surface area contributed by atoms with Crippen LogP contribution < -0.4 is 0 Å². The van der Waals surface area contributed by atoms with Gasteiger partial charge in [-0.2, -0.15) is 0 Å². The van der Waals surface area contributed by atoms with Gasteiger partial charge in [-0.25, -0.2) is 9.97 Å². The first kappa shape index (κ1) is 12.3. The number of rotatable bonds is 2. The maximum atomic E-state index is 5.29. The Morgan fingerprint density at radius 3 is 2.57 bits per heavy atom. The normalized spacial score (nSPS) is 11.1. The average Bonchev–Trinajstić information content (AvgIpc) is 3.16. The second-order valence-electron chi connectivity index (χ2n) is 4.69. The van der Waals surface area contributed by atoms with Crippen LogP contribution in [0.5, 0.6) is 0 Å². The summed E-state index contributed by atoms with van der Waals surface area (Å²) in [7, 11) is 0. The molecule has 2 heterocycles. The summed E-state index contributed by atoms with van der Waals surface area (Å²) in [5.41, 5.74) is 3.99. The predicted molar refractivity (Wildman–Crippen MR) is 84.7 cm³/mol. The highest BCUT2D eigenvalue weighted by Gasteiger charge is 2.07. The Labute approximate surface area is 129 Å². The molecule has 4 nitrogen and oxygen atoms in total. The van der Waals surface area contributed by atoms with E-state index in [0.717, 1.165) is 38.2 Å². The lowest BCUT2D eigenvalue weighted by molar-refractivity contribution is 0.572. The smallest absolute Gasteiger partial charge is 0.181 e. The van der Waals surface area contributed by atoms with E-state index in [1.165, 1.54) is 6.39 Å². The Morgan fingerprint density at radius 2 is 1.81 bits per heavy atom. The van der Waals surface area contributed by atoms with Gasteiger partial charge in [-0.15, -0.1) is 0 Å². The van der Waals surface area contributed by atoms with Crippen LogP contribution in [0, 0.1) is 0 Å². The summed E-state index contributed by atoms with van der Waals surface area (Å²) < 4.78 is 6.32. The van der Waals surface area contributed by atoms with E-state index >= 15 is 0 Å². The van der Waals surface area contributed by atoms with Crippen LogP contribution in [-0.4, -0.2) is 15.0 Å². The van der Waals surface area contributed by atoms with Gasteiger partial charge in [0.15, 0.2) is 12.2 Å². The van der Waals surface area contributed by atoms with E-state index < -0.39 is 0 Å². The number of halogens is 1. The van der Waals surface area contributed by atoms with Crippen molar-refractivity contribution in [2.24, 2.45) is 0 Å². The molecule has 0 spiro atoms. The van der Waals surface area contributed by atoms with E-state index in [2.05, 4.69) is 30.9 Å². The fourth-order valence-electron chi connectivity index (χ4n) is 2.27. The maximum absolute atomic E-state index is 5.29. The summed E-state index contributed by atoms with van der Waals surface area (Å²) in [5.74, 6) is 1.61. The summed E-state index contributed by atoms with van der Waals surface area (Å²) in [6.45, 7) is 0. The molecule has 0 aliphatic carbocycles. The van der Waals surface area contributed by atoms with Crippen molar-refractivity contribution in [3.8, 4) is 22.7 Å². The standard InChI is InChI=1S/C16H10BrN3O/c17-12-5-6-13-14(7-12)20-16(19-13)11-3-1-10(2-4-11)15-8-18-9-21-15/h1-9H,(H,19,20). The van der Waals surface area contributed by atoms with Crippen molar-refractivity contribution in [2.75, 3.05) is 0 Å². The first-order valence-electron chi connectivity index (χ1n) is 6.44. The van der Waals surface area contributed by atoms with Gasteiger partial charge in [0.25, 0.3) is 0 Å². The molecule has 2 aromatic carbocycles. The highest BCUT2D eigenvalue weighted by atomic mass is 79.9. The number of aromatic amines is 1. The molecule has 4 rings (SSSR count). The minimum absolute atomic E-state index is 0.759. The summed E-state index contributed by atoms with van der Waals surface area (Å²) >= 11 is 3.47. The van der Waals surface area contributed by atoms with Crippen molar-refractivity contribution >= 4 is 27.0 Å². The quantitative estimate of drug-likeness (QED) is 0.578. The molecule has 0 saturated carbocycles. The molecule has 0 fully saturated rings. The first-order valence-corrected chi connectivity index (χ1v) is 7.23. The van der Waals surface area contributed by atoms with Crippen molar-refractivity contribution in [1.82, 2.24) is 15.0 Å². The maximum Gasteiger partial charge on any atom is 0.181 e. The van der Waals surface area contributed by atoms with Crippen LogP contribution in [0.3, 0.4) is 0 Å². The molecule has 1 N–H and O–H groups in total. The molecule has 102 valence electrons. The summed E-state index contributed by atoms with van der Waals surface area (Å²) in [6, 6.07) is 14.0. The summed E-state index contributed by atoms with van der Waals surface area (Å²) in [6.07, 6.45) is 3.13. The summed E-state index contributed by atoms with van der Waals surface area (Å²) in [4.78, 5) is 11.9. The number of hydrogen-bond acceptors (Lipinski definition) is 3. The monoisotopic (exact) mass is 339 g/mol. The van der Waals surface area contributed by atoms with Crippen molar-refractivity contribution in [2.45, 2.75) is 0 Å². The third-order valence-electron chi connectivity index (χ3n) is 3.32. The zero-order valence-corrected chi connectivity index (χ0v) is 12.5. The third-order valence-corrected chi connectivity index (χ3v) is 3.81. The van der Waals surface area contributed by atoms with Gasteiger partial charge in [-0.1, -0.05) is 40.2 Å². The van der Waals surface area contributed by atoms with Gasteiger partial charge >= 0.3 is 0 Å². The molecule has 4 aromatic rings. The third kappa shape index (κ3) is 2.25. The van der Waals surface area contributed by atoms with Crippen LogP contribution >= 0.6 is 15.9 Å². The van der Waals surface area contributed by atoms with Crippen LogP contribution in [0.4, 0.5) is 0 Å². The lowest BCUT2D eigenvalue weighted by Gasteiger charge is -1.99. The Morgan fingerprint density at radius 1 is 1.00 bits per heavy atom. The van der Waals surface area contributed by atoms with Gasteiger partial charge < -0.3 is 9.40 Å². The molecule has 0 atom stereocenters. The van der Waals surface area contributed by atoms with E-state index in [-0.39, 0.29) is 0 Å². The zero-order chi connectivity index (χ0) is 14.2. The Balaban J connectivity index is 1.74. The number of imidazole rings is 1. The number of fused-ring (bicyclic) bond motifs is 1. The largest absolute Gasteiger partial charge is 0.444 e. The first-order chi connectivity index (χ1) is 10.3. The Kier molecular flexibility index (Phi) is 2.86. The molecular weight excluding hydrogens is 330 g/mol. The lowest BCUT2D eigenvalue weighted by Crippen LogP contribution is -1.81. The molecule has 0 saturated heterocycles. The minimum atomic E-state index is 0.759. The number of oxazole rings is 1. The van der Waals surface area contributed by atoms with E-state index in [9.17, 15) is 0 Å². The SMILES string of the molecule is Brc1ccc2nc(-c3ccc(-c4cnco4)cc3)[nH]c2c1. The molecule has 0 unspecified atom stereocenters. The molecular formula is C16H10BrN3O. The highest BCUT2D eigenvalue weighted by molar-refractivity contribution is 9.10. The van der Waals surface area contributed by atoms with Gasteiger partial charge in [0.2, 0.25) is 0 Å². The van der Waals surface area contributed by atoms with E-state index in [0.29, 0.717) is 0 Å². The zero-order valence-electron chi connectivity index (χ0n) is 10.9. The number of nitrogens with zero attached hydrogens (tertiary/aromatic N) is 2. The molecule has 5 heteroatoms. The van der Waals surface area contributed by atoms with Gasteiger partial charge in [0.1, 0.15) is 5.82 Å². The number of aromatic nitrogens is 3. The predicted octanol–water partition coefficient (Wildman–Crippen LogP) is 4.65. The van der Waals surface area contributed by atoms with Gasteiger partial charge in [0, 0.05) is 15.6 Å². The number of benzene rings is 2. The Hall–Kier alpha value is -2.40. The van der Waals surface area contributed by atoms with Gasteiger partial charge in [-0.05, 0) is 18.2 Å². The summed E-state index contributed by atoms with van der Waals surface area (Å²) in [5, 5.41) is 0. The lowest BCUT2D eigenvalue weighted by atomic mass is 10.1. The molecule has 0 radical (unpaired) electrons. The molecule has 0 aliphatic heterocycles. The number of H-pyrrole nitrogens is 1. The second-order valence-corrected chi connectivity index (χ2v) is 5.61. The second kappa shape index (κ2) is 4.86. The van der Waals surface area contributed by atoms with Crippen molar-refractivity contribution in [3.63, 3.8) is 0 Å². The molecule has 0 bridgehead atoms. The highest BCUT2D eigenvalue weighted by Crippen LogP contribution is 2.25. The molecule has 2 aromatic heterocycles. The molecule has 21 heavy (non-hydrogen) atoms. The van der Waals surface area contributed by atoms with Gasteiger partial charge in [0.05, 0.1) is 17.2 Å². The molecule has 0 aliphatic rings. The fourth-order valence-corrected chi connectivity index (χ4v) is 2.63. The van der Waals surface area contributed by atoms with Crippen LogP contribution in [0.1, 0.15) is 0 Å².